The van der Waals surface area contributed by atoms with Gasteiger partial charge in [-0.05, 0) is 12.5 Å². The highest BCUT2D eigenvalue weighted by atomic mass is 35.5. The number of methoxy groups -OCH3 is 1. The number of ketones is 1. The van der Waals surface area contributed by atoms with Crippen LogP contribution in [0.5, 0.6) is 5.75 Å². The smallest absolute Gasteiger partial charge is 0.172 e. The number of aryl methyl sites for hydroxylation is 2. The van der Waals surface area contributed by atoms with E-state index in [0.717, 1.165) is 12.1 Å². The predicted octanol–water partition coefficient (Wildman–Crippen LogP) is 2.46. The molecule has 20 heavy (non-hydrogen) atoms. The van der Waals surface area contributed by atoms with E-state index < -0.39 is 0 Å². The fraction of sp³-hybridized carbons (Fsp3) is 0.357. The maximum atomic E-state index is 12.4. The van der Waals surface area contributed by atoms with Crippen LogP contribution in [0, 0.1) is 0 Å². The van der Waals surface area contributed by atoms with E-state index in [-0.39, 0.29) is 12.2 Å². The van der Waals surface area contributed by atoms with E-state index in [9.17, 15) is 4.79 Å². The first-order valence-electron chi connectivity index (χ1n) is 6.29. The molecule has 5 nitrogen and oxygen atoms in total. The van der Waals surface area contributed by atoms with Gasteiger partial charge in [0.05, 0.1) is 41.7 Å². The summed E-state index contributed by atoms with van der Waals surface area (Å²) in [4.78, 5) is 16.3. The molecular formula is C14H16ClN3O2. The van der Waals surface area contributed by atoms with Crippen LogP contribution in [-0.2, 0) is 19.9 Å². The third kappa shape index (κ3) is 2.67. The topological polar surface area (TPSA) is 57.0 Å². The highest BCUT2D eigenvalue weighted by molar-refractivity contribution is 6.32. The minimum Gasteiger partial charge on any atom is -0.494 e. The van der Waals surface area contributed by atoms with Gasteiger partial charge in [0, 0.05) is 13.2 Å². The lowest BCUT2D eigenvalue weighted by molar-refractivity contribution is 0.0987. The fourth-order valence-electron chi connectivity index (χ4n) is 2.03. The summed E-state index contributed by atoms with van der Waals surface area (Å²) in [5.74, 6) is 0.392. The van der Waals surface area contributed by atoms with E-state index in [1.165, 1.54) is 13.3 Å². The van der Waals surface area contributed by atoms with Crippen LogP contribution in [-0.4, -0.2) is 27.7 Å². The molecule has 0 spiro atoms. The van der Waals surface area contributed by atoms with Gasteiger partial charge in [-0.3, -0.25) is 14.5 Å². The van der Waals surface area contributed by atoms with Crippen molar-refractivity contribution in [3.8, 4) is 5.75 Å². The second-order valence-corrected chi connectivity index (χ2v) is 4.74. The minimum absolute atomic E-state index is 0.0724. The first-order chi connectivity index (χ1) is 9.58. The van der Waals surface area contributed by atoms with Gasteiger partial charge in [0.15, 0.2) is 5.78 Å². The zero-order valence-corrected chi connectivity index (χ0v) is 12.4. The molecule has 106 valence electrons. The van der Waals surface area contributed by atoms with Crippen LogP contribution in [0.3, 0.4) is 0 Å². The number of ether oxygens (including phenoxy) is 1. The van der Waals surface area contributed by atoms with E-state index in [0.29, 0.717) is 22.0 Å². The number of carbonyl (C=O) groups excluding carboxylic acids is 1. The molecule has 0 amide bonds. The van der Waals surface area contributed by atoms with Gasteiger partial charge in [-0.25, -0.2) is 0 Å². The van der Waals surface area contributed by atoms with Crippen LogP contribution in [0.2, 0.25) is 5.02 Å². The third-order valence-electron chi connectivity index (χ3n) is 3.14. The van der Waals surface area contributed by atoms with Crippen molar-refractivity contribution in [1.82, 2.24) is 14.8 Å². The van der Waals surface area contributed by atoms with Gasteiger partial charge >= 0.3 is 0 Å². The number of hydrogen-bond acceptors (Lipinski definition) is 4. The highest BCUT2D eigenvalue weighted by Gasteiger charge is 2.19. The molecule has 0 saturated carbocycles. The fourth-order valence-corrected chi connectivity index (χ4v) is 2.39. The standard InChI is InChI=1S/C14H16ClN3O2/c1-4-10-14(15)11(18(2)17-10)7-12(19)9-5-6-16-8-13(9)20-3/h5-6,8H,4,7H2,1-3H3. The van der Waals surface area contributed by atoms with Crippen LogP contribution in [0.25, 0.3) is 0 Å². The second kappa shape index (κ2) is 6.05. The number of nitrogens with zero attached hydrogens (tertiary/aromatic N) is 3. The van der Waals surface area contributed by atoms with Crippen molar-refractivity contribution in [2.45, 2.75) is 19.8 Å². The van der Waals surface area contributed by atoms with Gasteiger partial charge in [-0.15, -0.1) is 0 Å². The SMILES string of the molecule is CCc1nn(C)c(CC(=O)c2ccncc2OC)c1Cl. The quantitative estimate of drug-likeness (QED) is 0.795. The van der Waals surface area contributed by atoms with Crippen molar-refractivity contribution in [3.63, 3.8) is 0 Å². The van der Waals surface area contributed by atoms with Crippen LogP contribution in [0.15, 0.2) is 18.5 Å². The number of aromatic nitrogens is 3. The van der Waals surface area contributed by atoms with Gasteiger partial charge < -0.3 is 4.74 Å². The van der Waals surface area contributed by atoms with Crippen LogP contribution in [0.4, 0.5) is 0 Å². The normalized spacial score (nSPS) is 10.6. The summed E-state index contributed by atoms with van der Waals surface area (Å²) < 4.78 is 6.81. The Hall–Kier alpha value is -1.88. The summed E-state index contributed by atoms with van der Waals surface area (Å²) >= 11 is 6.26. The molecule has 0 radical (unpaired) electrons. The summed E-state index contributed by atoms with van der Waals surface area (Å²) in [5, 5.41) is 4.87. The Labute approximate surface area is 122 Å². The van der Waals surface area contributed by atoms with Crippen molar-refractivity contribution in [3.05, 3.63) is 40.4 Å². The zero-order chi connectivity index (χ0) is 14.7. The molecule has 2 aromatic rings. The second-order valence-electron chi connectivity index (χ2n) is 4.36. The van der Waals surface area contributed by atoms with Gasteiger partial charge in [-0.2, -0.15) is 5.10 Å². The molecule has 0 N–H and O–H groups in total. The molecule has 2 aromatic heterocycles. The van der Waals surface area contributed by atoms with Crippen LogP contribution in [0.1, 0.15) is 28.7 Å². The van der Waals surface area contributed by atoms with E-state index in [2.05, 4.69) is 10.1 Å². The molecule has 6 heteroatoms. The summed E-state index contributed by atoms with van der Waals surface area (Å²) in [6, 6.07) is 1.65. The number of pyridine rings is 1. The third-order valence-corrected chi connectivity index (χ3v) is 3.57. The first kappa shape index (κ1) is 14.5. The van der Waals surface area contributed by atoms with E-state index >= 15 is 0 Å². The molecule has 0 saturated heterocycles. The monoisotopic (exact) mass is 293 g/mol. The molecule has 0 unspecified atom stereocenters. The summed E-state index contributed by atoms with van der Waals surface area (Å²) in [6.07, 6.45) is 4.01. The zero-order valence-electron chi connectivity index (χ0n) is 11.7. The lowest BCUT2D eigenvalue weighted by atomic mass is 10.1. The number of rotatable bonds is 5. The Kier molecular flexibility index (Phi) is 4.39. The van der Waals surface area contributed by atoms with Gasteiger partial charge in [0.2, 0.25) is 0 Å². The Morgan fingerprint density at radius 1 is 1.50 bits per heavy atom. The first-order valence-corrected chi connectivity index (χ1v) is 6.67. The molecule has 0 bridgehead atoms. The largest absolute Gasteiger partial charge is 0.494 e. The molecular weight excluding hydrogens is 278 g/mol. The Morgan fingerprint density at radius 2 is 2.25 bits per heavy atom. The van der Waals surface area contributed by atoms with Gasteiger partial charge in [-0.1, -0.05) is 18.5 Å². The summed E-state index contributed by atoms with van der Waals surface area (Å²) in [7, 11) is 3.30. The Bertz CT molecular complexity index is 637. The molecule has 2 heterocycles. The number of Topliss-reactive ketones (excluding diaryl/α,β-unsaturated/α-hetero) is 1. The predicted molar refractivity (Wildman–Crippen MR) is 76.4 cm³/mol. The number of hydrogen-bond donors (Lipinski definition) is 0. The molecule has 0 fully saturated rings. The highest BCUT2D eigenvalue weighted by Crippen LogP contribution is 2.24. The molecule has 0 aliphatic carbocycles. The van der Waals surface area contributed by atoms with Crippen molar-refractivity contribution < 1.29 is 9.53 Å². The maximum absolute atomic E-state index is 12.4. The van der Waals surface area contributed by atoms with E-state index in [4.69, 9.17) is 16.3 Å². The van der Waals surface area contributed by atoms with Crippen molar-refractivity contribution in [2.75, 3.05) is 7.11 Å². The molecule has 0 aliphatic rings. The lowest BCUT2D eigenvalue weighted by Gasteiger charge is -2.07. The summed E-state index contributed by atoms with van der Waals surface area (Å²) in [5.41, 5.74) is 2.02. The van der Waals surface area contributed by atoms with E-state index in [1.807, 2.05) is 6.92 Å². The number of halogens is 1. The van der Waals surface area contributed by atoms with Crippen molar-refractivity contribution >= 4 is 17.4 Å². The average molecular weight is 294 g/mol. The van der Waals surface area contributed by atoms with Gasteiger partial charge in [0.1, 0.15) is 5.75 Å². The Balaban J connectivity index is 2.30. The van der Waals surface area contributed by atoms with Crippen molar-refractivity contribution in [1.29, 1.82) is 0 Å². The van der Waals surface area contributed by atoms with Crippen molar-refractivity contribution in [2.24, 2.45) is 7.05 Å². The van der Waals surface area contributed by atoms with Crippen LogP contribution < -0.4 is 4.74 Å². The van der Waals surface area contributed by atoms with E-state index in [1.54, 1.807) is 24.0 Å². The molecule has 0 aromatic carbocycles. The Morgan fingerprint density at radius 3 is 2.85 bits per heavy atom. The maximum Gasteiger partial charge on any atom is 0.172 e. The average Bonchev–Trinajstić information content (AvgIpc) is 2.74. The number of carbonyl (C=O) groups is 1. The molecule has 0 aliphatic heterocycles. The lowest BCUT2D eigenvalue weighted by Crippen LogP contribution is -2.09. The van der Waals surface area contributed by atoms with Crippen LogP contribution >= 0.6 is 11.6 Å². The summed E-state index contributed by atoms with van der Waals surface area (Å²) in [6.45, 7) is 1.98. The molecule has 0 atom stereocenters. The van der Waals surface area contributed by atoms with Gasteiger partial charge in [0.25, 0.3) is 0 Å². The molecule has 2 rings (SSSR count). The minimum atomic E-state index is -0.0724.